The van der Waals surface area contributed by atoms with Crippen LogP contribution in [-0.4, -0.2) is 21.6 Å². The van der Waals surface area contributed by atoms with Gasteiger partial charge in [0.15, 0.2) is 0 Å². The fourth-order valence-electron chi connectivity index (χ4n) is 1.92. The third kappa shape index (κ3) is 3.85. The van der Waals surface area contributed by atoms with Crippen molar-refractivity contribution in [3.8, 4) is 5.88 Å². The maximum absolute atomic E-state index is 12.4. The molecule has 2 aromatic heterocycles. The highest BCUT2D eigenvalue weighted by atomic mass is 79.9. The molecular weight excluding hydrogens is 334 g/mol. The van der Waals surface area contributed by atoms with E-state index in [2.05, 4.69) is 26.2 Å². The molecule has 5 nitrogen and oxygen atoms in total. The molecule has 0 radical (unpaired) electrons. The maximum Gasteiger partial charge on any atom is 0.272 e. The zero-order valence-electron chi connectivity index (χ0n) is 12.3. The minimum atomic E-state index is -0.191. The zero-order valence-corrected chi connectivity index (χ0v) is 13.8. The summed E-state index contributed by atoms with van der Waals surface area (Å²) in [6, 6.07) is 5.33. The van der Waals surface area contributed by atoms with Crippen LogP contribution in [0.2, 0.25) is 0 Å². The molecule has 1 amide bonds. The molecule has 2 rings (SSSR count). The summed E-state index contributed by atoms with van der Waals surface area (Å²) in [7, 11) is 0. The number of aryl methyl sites for hydroxylation is 1. The Morgan fingerprint density at radius 3 is 2.95 bits per heavy atom. The summed E-state index contributed by atoms with van der Waals surface area (Å²) in [6.07, 6.45) is 3.51. The molecule has 0 aliphatic carbocycles. The standard InChI is InChI=1S/C15H18BrN3O2/c1-4-19-9-11(16)8-13(19)14(20)18-12-6-5-7-17-15(12)21-10(2)3/h5-10H,4H2,1-3H3,(H,18,20). The summed E-state index contributed by atoms with van der Waals surface area (Å²) in [5.41, 5.74) is 1.15. The van der Waals surface area contributed by atoms with Gasteiger partial charge in [-0.15, -0.1) is 0 Å². The number of hydrogen-bond donors (Lipinski definition) is 1. The normalized spacial score (nSPS) is 10.7. The number of nitrogens with zero attached hydrogens (tertiary/aromatic N) is 2. The van der Waals surface area contributed by atoms with Crippen molar-refractivity contribution in [2.75, 3.05) is 5.32 Å². The molecule has 0 saturated heterocycles. The number of carbonyl (C=O) groups excluding carboxylic acids is 1. The Hall–Kier alpha value is -1.82. The van der Waals surface area contributed by atoms with Crippen LogP contribution in [0.4, 0.5) is 5.69 Å². The maximum atomic E-state index is 12.4. The predicted molar refractivity (Wildman–Crippen MR) is 85.8 cm³/mol. The number of halogens is 1. The molecule has 0 saturated carbocycles. The average Bonchev–Trinajstić information content (AvgIpc) is 2.81. The van der Waals surface area contributed by atoms with Gasteiger partial charge in [-0.05, 0) is 54.9 Å². The monoisotopic (exact) mass is 351 g/mol. The molecule has 2 aromatic rings. The molecule has 2 heterocycles. The molecule has 0 aliphatic heterocycles. The van der Waals surface area contributed by atoms with Crippen molar-refractivity contribution in [2.45, 2.75) is 33.4 Å². The van der Waals surface area contributed by atoms with E-state index in [0.29, 0.717) is 17.3 Å². The first-order valence-corrected chi connectivity index (χ1v) is 7.59. The van der Waals surface area contributed by atoms with E-state index in [1.54, 1.807) is 24.4 Å². The summed E-state index contributed by atoms with van der Waals surface area (Å²) >= 11 is 3.39. The van der Waals surface area contributed by atoms with Crippen molar-refractivity contribution < 1.29 is 9.53 Å². The van der Waals surface area contributed by atoms with Gasteiger partial charge in [0, 0.05) is 23.4 Å². The minimum Gasteiger partial charge on any atom is -0.473 e. The second kappa shape index (κ2) is 6.76. The van der Waals surface area contributed by atoms with Crippen molar-refractivity contribution in [1.82, 2.24) is 9.55 Å². The number of rotatable bonds is 5. The molecule has 0 spiro atoms. The Labute approximate surface area is 132 Å². The molecule has 1 N–H and O–H groups in total. The number of aromatic nitrogens is 2. The van der Waals surface area contributed by atoms with E-state index in [9.17, 15) is 4.79 Å². The highest BCUT2D eigenvalue weighted by Crippen LogP contribution is 2.23. The lowest BCUT2D eigenvalue weighted by atomic mass is 10.3. The van der Waals surface area contributed by atoms with Crippen LogP contribution in [-0.2, 0) is 6.54 Å². The number of anilines is 1. The Kier molecular flexibility index (Phi) is 5.01. The highest BCUT2D eigenvalue weighted by Gasteiger charge is 2.15. The van der Waals surface area contributed by atoms with Gasteiger partial charge in [0.2, 0.25) is 5.88 Å². The second-order valence-corrected chi connectivity index (χ2v) is 5.72. The van der Waals surface area contributed by atoms with E-state index in [0.717, 1.165) is 11.0 Å². The van der Waals surface area contributed by atoms with Gasteiger partial charge in [0.05, 0.1) is 6.10 Å². The molecule has 0 fully saturated rings. The number of carbonyl (C=O) groups is 1. The van der Waals surface area contributed by atoms with Gasteiger partial charge in [0.1, 0.15) is 11.4 Å². The molecule has 0 aliphatic rings. The van der Waals surface area contributed by atoms with Crippen molar-refractivity contribution in [3.05, 3.63) is 40.8 Å². The summed E-state index contributed by atoms with van der Waals surface area (Å²) in [5, 5.41) is 2.85. The number of ether oxygens (including phenoxy) is 1. The Bertz CT molecular complexity index is 638. The topological polar surface area (TPSA) is 56.2 Å². The lowest BCUT2D eigenvalue weighted by Gasteiger charge is -2.13. The van der Waals surface area contributed by atoms with E-state index in [-0.39, 0.29) is 12.0 Å². The van der Waals surface area contributed by atoms with Gasteiger partial charge in [-0.2, -0.15) is 0 Å². The van der Waals surface area contributed by atoms with Crippen LogP contribution in [0.25, 0.3) is 0 Å². The van der Waals surface area contributed by atoms with Crippen molar-refractivity contribution >= 4 is 27.5 Å². The lowest BCUT2D eigenvalue weighted by Crippen LogP contribution is -2.18. The zero-order chi connectivity index (χ0) is 15.4. The predicted octanol–water partition coefficient (Wildman–Crippen LogP) is 3.71. The lowest BCUT2D eigenvalue weighted by molar-refractivity contribution is 0.101. The first-order valence-electron chi connectivity index (χ1n) is 6.80. The second-order valence-electron chi connectivity index (χ2n) is 4.81. The third-order valence-electron chi connectivity index (χ3n) is 2.80. The summed E-state index contributed by atoms with van der Waals surface area (Å²) in [6.45, 7) is 6.54. The third-order valence-corrected chi connectivity index (χ3v) is 3.24. The molecule has 21 heavy (non-hydrogen) atoms. The largest absolute Gasteiger partial charge is 0.473 e. The van der Waals surface area contributed by atoms with Crippen LogP contribution >= 0.6 is 15.9 Å². The Morgan fingerprint density at radius 2 is 2.29 bits per heavy atom. The minimum absolute atomic E-state index is 0.0100. The Morgan fingerprint density at radius 1 is 1.52 bits per heavy atom. The van der Waals surface area contributed by atoms with Crippen molar-refractivity contribution in [1.29, 1.82) is 0 Å². The quantitative estimate of drug-likeness (QED) is 0.893. The van der Waals surface area contributed by atoms with Gasteiger partial charge in [-0.25, -0.2) is 4.98 Å². The van der Waals surface area contributed by atoms with E-state index < -0.39 is 0 Å². The summed E-state index contributed by atoms with van der Waals surface area (Å²) < 4.78 is 8.35. The molecule has 0 aromatic carbocycles. The fourth-order valence-corrected chi connectivity index (χ4v) is 2.38. The van der Waals surface area contributed by atoms with E-state index in [1.807, 2.05) is 31.5 Å². The summed E-state index contributed by atoms with van der Waals surface area (Å²) in [5.74, 6) is 0.235. The molecule has 6 heteroatoms. The number of amides is 1. The van der Waals surface area contributed by atoms with Crippen LogP contribution in [0.5, 0.6) is 5.88 Å². The van der Waals surface area contributed by atoms with Gasteiger partial charge < -0.3 is 14.6 Å². The van der Waals surface area contributed by atoms with Crippen LogP contribution in [0.1, 0.15) is 31.3 Å². The first kappa shape index (κ1) is 15.6. The average molecular weight is 352 g/mol. The van der Waals surface area contributed by atoms with Crippen molar-refractivity contribution in [2.24, 2.45) is 0 Å². The van der Waals surface area contributed by atoms with Gasteiger partial charge in [-0.3, -0.25) is 4.79 Å². The van der Waals surface area contributed by atoms with Crippen LogP contribution < -0.4 is 10.1 Å². The molecule has 0 bridgehead atoms. The SMILES string of the molecule is CCn1cc(Br)cc1C(=O)Nc1cccnc1OC(C)C. The van der Waals surface area contributed by atoms with Gasteiger partial charge in [0.25, 0.3) is 5.91 Å². The number of nitrogens with one attached hydrogen (secondary N) is 1. The van der Waals surface area contributed by atoms with Crippen molar-refractivity contribution in [3.63, 3.8) is 0 Å². The first-order chi connectivity index (χ1) is 10.0. The number of pyridine rings is 1. The van der Waals surface area contributed by atoms with E-state index >= 15 is 0 Å². The summed E-state index contributed by atoms with van der Waals surface area (Å²) in [4.78, 5) is 16.6. The molecule has 0 atom stereocenters. The molecule has 112 valence electrons. The van der Waals surface area contributed by atoms with E-state index in [4.69, 9.17) is 4.74 Å². The van der Waals surface area contributed by atoms with Gasteiger partial charge in [-0.1, -0.05) is 0 Å². The fraction of sp³-hybridized carbons (Fsp3) is 0.333. The van der Waals surface area contributed by atoms with Crippen LogP contribution in [0, 0.1) is 0 Å². The molecule has 0 unspecified atom stereocenters. The van der Waals surface area contributed by atoms with Crippen LogP contribution in [0.3, 0.4) is 0 Å². The van der Waals surface area contributed by atoms with Gasteiger partial charge >= 0.3 is 0 Å². The highest BCUT2D eigenvalue weighted by molar-refractivity contribution is 9.10. The number of hydrogen-bond acceptors (Lipinski definition) is 3. The molecular formula is C15H18BrN3O2. The Balaban J connectivity index is 2.23. The van der Waals surface area contributed by atoms with E-state index in [1.165, 1.54) is 0 Å². The smallest absolute Gasteiger partial charge is 0.272 e. The van der Waals surface area contributed by atoms with Crippen LogP contribution in [0.15, 0.2) is 35.1 Å².